The van der Waals surface area contributed by atoms with E-state index in [9.17, 15) is 4.79 Å². The average Bonchev–Trinajstić information content (AvgIpc) is 3.33. The Hall–Kier alpha value is -2.86. The van der Waals surface area contributed by atoms with Crippen molar-refractivity contribution in [3.05, 3.63) is 76.9 Å². The Morgan fingerprint density at radius 2 is 1.96 bits per heavy atom. The maximum Gasteiger partial charge on any atom is 0.347 e. The third kappa shape index (κ3) is 3.55. The Bertz CT molecular complexity index is 901. The molecule has 1 N–H and O–H groups in total. The first-order valence-electron chi connectivity index (χ1n) is 8.96. The van der Waals surface area contributed by atoms with Crippen LogP contribution in [0.3, 0.4) is 0 Å². The molecule has 6 heteroatoms. The molecule has 0 spiro atoms. The molecule has 3 aromatic rings. The van der Waals surface area contributed by atoms with Crippen LogP contribution in [0.1, 0.15) is 30.3 Å². The van der Waals surface area contributed by atoms with Gasteiger partial charge in [0.2, 0.25) is 0 Å². The van der Waals surface area contributed by atoms with Gasteiger partial charge in [0.1, 0.15) is 11.6 Å². The van der Waals surface area contributed by atoms with Crippen LogP contribution in [0.15, 0.2) is 64.0 Å². The third-order valence-electron chi connectivity index (χ3n) is 4.85. The van der Waals surface area contributed by atoms with Crippen molar-refractivity contribution in [1.29, 1.82) is 0 Å². The van der Waals surface area contributed by atoms with E-state index in [4.69, 9.17) is 4.42 Å². The van der Waals surface area contributed by atoms with E-state index in [0.29, 0.717) is 5.92 Å². The zero-order valence-electron chi connectivity index (χ0n) is 14.5. The molecule has 0 atom stereocenters. The van der Waals surface area contributed by atoms with E-state index in [1.807, 2.05) is 48.5 Å². The molecule has 3 heterocycles. The number of rotatable bonds is 5. The molecule has 0 saturated carbocycles. The van der Waals surface area contributed by atoms with Crippen molar-refractivity contribution in [3.8, 4) is 5.69 Å². The molecule has 1 aliphatic rings. The predicted octanol–water partition coefficient (Wildman–Crippen LogP) is 3.05. The van der Waals surface area contributed by atoms with Gasteiger partial charge in [0.25, 0.3) is 0 Å². The number of para-hydroxylation sites is 1. The van der Waals surface area contributed by atoms with Gasteiger partial charge < -0.3 is 4.42 Å². The van der Waals surface area contributed by atoms with Gasteiger partial charge in [-0.15, -0.1) is 0 Å². The molecule has 1 aliphatic heterocycles. The number of aromatic nitrogens is 3. The smallest absolute Gasteiger partial charge is 0.347 e. The Labute approximate surface area is 151 Å². The fourth-order valence-electron chi connectivity index (χ4n) is 3.49. The van der Waals surface area contributed by atoms with E-state index in [1.165, 1.54) is 0 Å². The van der Waals surface area contributed by atoms with Crippen LogP contribution in [0, 0.1) is 0 Å². The van der Waals surface area contributed by atoms with E-state index >= 15 is 0 Å². The summed E-state index contributed by atoms with van der Waals surface area (Å²) in [6.45, 7) is 2.88. The maximum absolute atomic E-state index is 12.2. The van der Waals surface area contributed by atoms with Gasteiger partial charge in [0, 0.05) is 12.5 Å². The van der Waals surface area contributed by atoms with Crippen LogP contribution in [0.2, 0.25) is 0 Å². The molecule has 134 valence electrons. The number of benzene rings is 1. The Kier molecular flexibility index (Phi) is 4.84. The molecular weight excluding hydrogens is 328 g/mol. The molecular formula is C20H22N4O2. The predicted molar refractivity (Wildman–Crippen MR) is 100 cm³/mol. The van der Waals surface area contributed by atoms with Gasteiger partial charge in [-0.1, -0.05) is 24.3 Å². The van der Waals surface area contributed by atoms with Gasteiger partial charge in [0.05, 0.1) is 12.0 Å². The second-order valence-corrected chi connectivity index (χ2v) is 6.55. The van der Waals surface area contributed by atoms with E-state index in [-0.39, 0.29) is 5.69 Å². The normalized spacial score (nSPS) is 16.5. The number of nitrogens with zero attached hydrogens (tertiary/aromatic N) is 3. The molecule has 1 fully saturated rings. The van der Waals surface area contributed by atoms with Gasteiger partial charge in [-0.3, -0.25) is 4.90 Å². The number of hydrogen-bond acceptors (Lipinski definition) is 4. The number of hydrogen-bond donors (Lipinski definition) is 1. The number of aromatic amines is 1. The third-order valence-corrected chi connectivity index (χ3v) is 4.85. The van der Waals surface area contributed by atoms with Crippen LogP contribution in [0.4, 0.5) is 0 Å². The van der Waals surface area contributed by atoms with Gasteiger partial charge in [-0.05, 0) is 56.3 Å². The Balaban J connectivity index is 1.40. The summed E-state index contributed by atoms with van der Waals surface area (Å²) in [7, 11) is 0. The van der Waals surface area contributed by atoms with Gasteiger partial charge in [0.15, 0.2) is 0 Å². The summed E-state index contributed by atoms with van der Waals surface area (Å²) in [5, 5.41) is 6.93. The maximum atomic E-state index is 12.2. The minimum Gasteiger partial charge on any atom is -0.465 e. The summed E-state index contributed by atoms with van der Waals surface area (Å²) in [5.41, 5.74) is 0.695. The number of furan rings is 1. The molecule has 6 nitrogen and oxygen atoms in total. The van der Waals surface area contributed by atoms with Crippen LogP contribution >= 0.6 is 0 Å². The molecule has 1 saturated heterocycles. The van der Waals surface area contributed by atoms with Gasteiger partial charge >= 0.3 is 5.69 Å². The van der Waals surface area contributed by atoms with Crippen LogP contribution in [0.25, 0.3) is 11.8 Å². The Morgan fingerprint density at radius 3 is 2.69 bits per heavy atom. The zero-order valence-corrected chi connectivity index (χ0v) is 14.5. The summed E-state index contributed by atoms with van der Waals surface area (Å²) >= 11 is 0. The molecule has 0 amide bonds. The minimum absolute atomic E-state index is 0.171. The lowest BCUT2D eigenvalue weighted by Crippen LogP contribution is -2.34. The standard InChI is InChI=1S/C20H22N4O2/c25-20-22-21-19(24(20)17-6-2-1-3-7-17)16-10-13-23(14-11-16)12-4-8-18-9-5-15-26-18/h1-9,15-16H,10-14H2,(H,22,25). The molecule has 26 heavy (non-hydrogen) atoms. The molecule has 0 radical (unpaired) electrons. The second kappa shape index (κ2) is 7.58. The fraction of sp³-hybridized carbons (Fsp3) is 0.300. The molecule has 2 aromatic heterocycles. The zero-order chi connectivity index (χ0) is 17.8. The first-order chi connectivity index (χ1) is 12.8. The first kappa shape index (κ1) is 16.6. The first-order valence-corrected chi connectivity index (χ1v) is 8.96. The number of likely N-dealkylation sites (tertiary alicyclic amines) is 1. The monoisotopic (exact) mass is 350 g/mol. The van der Waals surface area contributed by atoms with E-state index in [2.05, 4.69) is 21.2 Å². The van der Waals surface area contributed by atoms with Crippen molar-refractivity contribution in [2.45, 2.75) is 18.8 Å². The van der Waals surface area contributed by atoms with Crippen molar-refractivity contribution in [3.63, 3.8) is 0 Å². The molecule has 0 bridgehead atoms. The summed E-state index contributed by atoms with van der Waals surface area (Å²) < 4.78 is 7.01. The van der Waals surface area contributed by atoms with E-state index in [0.717, 1.165) is 49.7 Å². The highest BCUT2D eigenvalue weighted by atomic mass is 16.3. The average molecular weight is 350 g/mol. The quantitative estimate of drug-likeness (QED) is 0.768. The molecule has 4 rings (SSSR count). The topological polar surface area (TPSA) is 67.1 Å². The fourth-order valence-corrected chi connectivity index (χ4v) is 3.49. The van der Waals surface area contributed by atoms with Gasteiger partial charge in [-0.25, -0.2) is 14.5 Å². The largest absolute Gasteiger partial charge is 0.465 e. The minimum atomic E-state index is -0.171. The van der Waals surface area contributed by atoms with Gasteiger partial charge in [-0.2, -0.15) is 5.10 Å². The highest BCUT2D eigenvalue weighted by molar-refractivity contribution is 5.42. The van der Waals surface area contributed by atoms with Crippen molar-refractivity contribution >= 4 is 6.08 Å². The lowest BCUT2D eigenvalue weighted by molar-refractivity contribution is 0.228. The lowest BCUT2D eigenvalue weighted by atomic mass is 9.95. The van der Waals surface area contributed by atoms with Crippen molar-refractivity contribution in [1.82, 2.24) is 19.7 Å². The van der Waals surface area contributed by atoms with Crippen LogP contribution in [-0.2, 0) is 0 Å². The number of H-pyrrole nitrogens is 1. The van der Waals surface area contributed by atoms with Crippen molar-refractivity contribution < 1.29 is 4.42 Å². The van der Waals surface area contributed by atoms with Crippen LogP contribution in [0.5, 0.6) is 0 Å². The Morgan fingerprint density at radius 1 is 1.15 bits per heavy atom. The van der Waals surface area contributed by atoms with Crippen molar-refractivity contribution in [2.24, 2.45) is 0 Å². The number of piperidine rings is 1. The van der Waals surface area contributed by atoms with Crippen molar-refractivity contribution in [2.75, 3.05) is 19.6 Å². The summed E-state index contributed by atoms with van der Waals surface area (Å²) in [6.07, 6.45) is 7.80. The number of nitrogens with one attached hydrogen (secondary N) is 1. The molecule has 0 aliphatic carbocycles. The summed E-state index contributed by atoms with van der Waals surface area (Å²) in [4.78, 5) is 14.6. The molecule has 0 unspecified atom stereocenters. The van der Waals surface area contributed by atoms with E-state index in [1.54, 1.807) is 10.8 Å². The SMILES string of the molecule is O=c1[nH]nc(C2CCN(CC=Cc3ccco3)CC2)n1-c1ccccc1. The summed E-state index contributed by atoms with van der Waals surface area (Å²) in [6, 6.07) is 13.5. The van der Waals surface area contributed by atoms with Crippen LogP contribution < -0.4 is 5.69 Å². The van der Waals surface area contributed by atoms with Crippen LogP contribution in [-0.4, -0.2) is 39.3 Å². The van der Waals surface area contributed by atoms with E-state index < -0.39 is 0 Å². The molecule has 1 aromatic carbocycles. The second-order valence-electron chi connectivity index (χ2n) is 6.55. The highest BCUT2D eigenvalue weighted by Gasteiger charge is 2.25. The summed E-state index contributed by atoms with van der Waals surface area (Å²) in [5.74, 6) is 2.01. The lowest BCUT2D eigenvalue weighted by Gasteiger charge is -2.30. The highest BCUT2D eigenvalue weighted by Crippen LogP contribution is 2.27.